The molecule has 0 N–H and O–H groups in total. The molecule has 78 valence electrons. The van der Waals surface area contributed by atoms with E-state index in [-0.39, 0.29) is 0 Å². The topological polar surface area (TPSA) is 0 Å². The summed E-state index contributed by atoms with van der Waals surface area (Å²) < 4.78 is 0. The van der Waals surface area contributed by atoms with Crippen LogP contribution in [0, 0.1) is 6.92 Å². The van der Waals surface area contributed by atoms with Gasteiger partial charge in [-0.25, -0.2) is 0 Å². The Morgan fingerprint density at radius 3 is 2.47 bits per heavy atom. The summed E-state index contributed by atoms with van der Waals surface area (Å²) in [6, 6.07) is 13.0. The van der Waals surface area contributed by atoms with Crippen LogP contribution in [0.15, 0.2) is 36.4 Å². The van der Waals surface area contributed by atoms with Gasteiger partial charge in [0.2, 0.25) is 0 Å². The lowest BCUT2D eigenvalue weighted by Gasteiger charge is -1.96. The summed E-state index contributed by atoms with van der Waals surface area (Å²) in [7, 11) is 0. The van der Waals surface area contributed by atoms with E-state index >= 15 is 0 Å². The number of rotatable bonds is 3. The molecule has 0 amide bonds. The van der Waals surface area contributed by atoms with E-state index in [1.165, 1.54) is 20.9 Å². The van der Waals surface area contributed by atoms with Crippen LogP contribution in [0.3, 0.4) is 0 Å². The third kappa shape index (κ3) is 2.48. The number of benzene rings is 1. The van der Waals surface area contributed by atoms with Crippen LogP contribution in [0.4, 0.5) is 0 Å². The molecule has 1 aromatic heterocycles. The second-order valence-electron chi connectivity index (χ2n) is 3.83. The summed E-state index contributed by atoms with van der Waals surface area (Å²) in [5, 5.41) is 0. The average Bonchev–Trinajstić information content (AvgIpc) is 2.60. The quantitative estimate of drug-likeness (QED) is 0.721. The Labute approximate surface area is 95.6 Å². The highest BCUT2D eigenvalue weighted by Crippen LogP contribution is 2.24. The van der Waals surface area contributed by atoms with Crippen LogP contribution in [0.5, 0.6) is 0 Å². The van der Waals surface area contributed by atoms with Gasteiger partial charge in [-0.2, -0.15) is 0 Å². The first kappa shape index (κ1) is 10.4. The molecule has 0 bridgehead atoms. The first-order chi connectivity index (χ1) is 7.29. The number of hydrogen-bond acceptors (Lipinski definition) is 1. The van der Waals surface area contributed by atoms with Crippen LogP contribution in [0.1, 0.15) is 27.8 Å². The first-order valence-corrected chi connectivity index (χ1v) is 6.23. The van der Waals surface area contributed by atoms with Crippen molar-refractivity contribution < 1.29 is 0 Å². The molecule has 0 radical (unpaired) electrons. The molecule has 1 heteroatoms. The first-order valence-electron chi connectivity index (χ1n) is 5.41. The molecule has 0 spiro atoms. The van der Waals surface area contributed by atoms with E-state index < -0.39 is 0 Å². The molecule has 0 aliphatic carbocycles. The molecular weight excluding hydrogens is 200 g/mol. The van der Waals surface area contributed by atoms with Crippen molar-refractivity contribution in [3.8, 4) is 0 Å². The van der Waals surface area contributed by atoms with E-state index in [4.69, 9.17) is 0 Å². The summed E-state index contributed by atoms with van der Waals surface area (Å²) in [6.45, 7) is 4.44. The van der Waals surface area contributed by atoms with Gasteiger partial charge in [-0.05, 0) is 30.5 Å². The standard InChI is InChI=1S/C14H16S/c1-3-14-11(2)9-13(15-14)10-12-7-5-4-6-8-12/h4-9H,3,10H2,1-2H3. The van der Waals surface area contributed by atoms with Gasteiger partial charge in [0.05, 0.1) is 0 Å². The van der Waals surface area contributed by atoms with E-state index in [1.54, 1.807) is 0 Å². The van der Waals surface area contributed by atoms with Crippen LogP contribution in [-0.2, 0) is 12.8 Å². The van der Waals surface area contributed by atoms with Gasteiger partial charge in [-0.15, -0.1) is 11.3 Å². The maximum atomic E-state index is 2.33. The number of aryl methyl sites for hydroxylation is 2. The van der Waals surface area contributed by atoms with Crippen LogP contribution in [0.25, 0.3) is 0 Å². The molecule has 2 rings (SSSR count). The Balaban J connectivity index is 2.18. The lowest BCUT2D eigenvalue weighted by molar-refractivity contribution is 1.16. The van der Waals surface area contributed by atoms with Crippen molar-refractivity contribution in [2.45, 2.75) is 26.7 Å². The zero-order chi connectivity index (χ0) is 10.7. The molecule has 2 aromatic rings. The molecule has 0 unspecified atom stereocenters. The van der Waals surface area contributed by atoms with Crippen LogP contribution in [-0.4, -0.2) is 0 Å². The average molecular weight is 216 g/mol. The maximum Gasteiger partial charge on any atom is 0.00947 e. The van der Waals surface area contributed by atoms with Gasteiger partial charge in [0.1, 0.15) is 0 Å². The van der Waals surface area contributed by atoms with Gasteiger partial charge in [-0.1, -0.05) is 37.3 Å². The van der Waals surface area contributed by atoms with Gasteiger partial charge in [0, 0.05) is 16.2 Å². The highest BCUT2D eigenvalue weighted by atomic mass is 32.1. The Morgan fingerprint density at radius 1 is 1.13 bits per heavy atom. The molecule has 15 heavy (non-hydrogen) atoms. The fourth-order valence-electron chi connectivity index (χ4n) is 1.83. The molecule has 0 aliphatic heterocycles. The maximum absolute atomic E-state index is 2.33. The second kappa shape index (κ2) is 4.63. The van der Waals surface area contributed by atoms with Crippen molar-refractivity contribution in [1.29, 1.82) is 0 Å². The predicted octanol–water partition coefficient (Wildman–Crippen LogP) is 4.21. The smallest absolute Gasteiger partial charge is 0.00947 e. The van der Waals surface area contributed by atoms with Crippen LogP contribution < -0.4 is 0 Å². The molecule has 0 saturated heterocycles. The third-order valence-corrected chi connectivity index (χ3v) is 4.00. The monoisotopic (exact) mass is 216 g/mol. The lowest BCUT2D eigenvalue weighted by Crippen LogP contribution is -1.82. The van der Waals surface area contributed by atoms with E-state index in [2.05, 4.69) is 50.2 Å². The summed E-state index contributed by atoms with van der Waals surface area (Å²) in [5.74, 6) is 0. The number of thiophene rings is 1. The normalized spacial score (nSPS) is 10.5. The molecule has 1 aromatic carbocycles. The SMILES string of the molecule is CCc1sc(Cc2ccccc2)cc1C. The minimum Gasteiger partial charge on any atom is -0.145 e. The van der Waals surface area contributed by atoms with Gasteiger partial charge in [-0.3, -0.25) is 0 Å². The molecular formula is C14H16S. The van der Waals surface area contributed by atoms with Crippen molar-refractivity contribution in [3.05, 3.63) is 57.3 Å². The van der Waals surface area contributed by atoms with Crippen molar-refractivity contribution in [3.63, 3.8) is 0 Å². The highest BCUT2D eigenvalue weighted by molar-refractivity contribution is 7.12. The lowest BCUT2D eigenvalue weighted by atomic mass is 10.1. The van der Waals surface area contributed by atoms with Crippen molar-refractivity contribution in [1.82, 2.24) is 0 Å². The minimum atomic E-state index is 1.08. The largest absolute Gasteiger partial charge is 0.145 e. The number of hydrogen-bond donors (Lipinski definition) is 0. The van der Waals surface area contributed by atoms with Gasteiger partial charge < -0.3 is 0 Å². The predicted molar refractivity (Wildman–Crippen MR) is 67.7 cm³/mol. The van der Waals surface area contributed by atoms with E-state index in [0.29, 0.717) is 0 Å². The molecule has 0 aliphatic rings. The zero-order valence-electron chi connectivity index (χ0n) is 9.29. The molecule has 1 heterocycles. The fourth-order valence-corrected chi connectivity index (χ4v) is 2.98. The Morgan fingerprint density at radius 2 is 1.87 bits per heavy atom. The third-order valence-electron chi connectivity index (χ3n) is 2.61. The summed E-state index contributed by atoms with van der Waals surface area (Å²) >= 11 is 1.95. The molecule has 0 nitrogen and oxygen atoms in total. The molecule has 0 atom stereocenters. The second-order valence-corrected chi connectivity index (χ2v) is 5.06. The summed E-state index contributed by atoms with van der Waals surface area (Å²) in [4.78, 5) is 3.01. The highest BCUT2D eigenvalue weighted by Gasteiger charge is 2.04. The zero-order valence-corrected chi connectivity index (χ0v) is 10.1. The van der Waals surface area contributed by atoms with Crippen LogP contribution in [0.2, 0.25) is 0 Å². The fraction of sp³-hybridized carbons (Fsp3) is 0.286. The van der Waals surface area contributed by atoms with Crippen molar-refractivity contribution in [2.24, 2.45) is 0 Å². The van der Waals surface area contributed by atoms with Crippen molar-refractivity contribution in [2.75, 3.05) is 0 Å². The van der Waals surface area contributed by atoms with Crippen LogP contribution >= 0.6 is 11.3 Å². The summed E-state index contributed by atoms with van der Waals surface area (Å²) in [6.07, 6.45) is 2.23. The van der Waals surface area contributed by atoms with E-state index in [1.807, 2.05) is 11.3 Å². The van der Waals surface area contributed by atoms with Gasteiger partial charge in [0.25, 0.3) is 0 Å². The Kier molecular flexibility index (Phi) is 3.22. The Hall–Kier alpha value is -1.08. The van der Waals surface area contributed by atoms with E-state index in [0.717, 1.165) is 12.8 Å². The molecule has 0 saturated carbocycles. The van der Waals surface area contributed by atoms with Gasteiger partial charge in [0.15, 0.2) is 0 Å². The van der Waals surface area contributed by atoms with Gasteiger partial charge >= 0.3 is 0 Å². The van der Waals surface area contributed by atoms with Crippen molar-refractivity contribution >= 4 is 11.3 Å². The van der Waals surface area contributed by atoms with E-state index in [9.17, 15) is 0 Å². The summed E-state index contributed by atoms with van der Waals surface area (Å²) in [5.41, 5.74) is 2.86. The Bertz CT molecular complexity index is 426. The minimum absolute atomic E-state index is 1.08. The molecule has 0 fully saturated rings.